The smallest absolute Gasteiger partial charge is 0.133 e. The van der Waals surface area contributed by atoms with E-state index in [9.17, 15) is 0 Å². The van der Waals surface area contributed by atoms with Gasteiger partial charge in [0.15, 0.2) is 0 Å². The van der Waals surface area contributed by atoms with Gasteiger partial charge >= 0.3 is 0 Å². The second kappa shape index (κ2) is 11.0. The number of quaternary nitrogens is 1. The number of aliphatic imine (C=N–C) groups is 1. The molecule has 0 aliphatic carbocycles. The molecule has 0 spiro atoms. The number of aromatic amines is 1. The molecule has 0 bridgehead atoms. The average Bonchev–Trinajstić information content (AvgIpc) is 3.45. The molecule has 6 heteroatoms. The van der Waals surface area contributed by atoms with Crippen LogP contribution in [0.4, 0.5) is 5.82 Å². The molecule has 30 heavy (non-hydrogen) atoms. The first kappa shape index (κ1) is 21.5. The van der Waals surface area contributed by atoms with Crippen LogP contribution >= 0.6 is 0 Å². The fourth-order valence-corrected chi connectivity index (χ4v) is 4.89. The number of fused-ring (bicyclic) bond motifs is 1. The number of aromatic nitrogens is 1. The zero-order chi connectivity index (χ0) is 20.6. The highest BCUT2D eigenvalue weighted by Crippen LogP contribution is 2.33. The Balaban J connectivity index is 1.25. The molecule has 4 N–H and O–H groups in total. The van der Waals surface area contributed by atoms with Crippen molar-refractivity contribution in [2.24, 2.45) is 21.9 Å². The molecule has 4 rings (SSSR count). The summed E-state index contributed by atoms with van der Waals surface area (Å²) in [7, 11) is 0. The van der Waals surface area contributed by atoms with Gasteiger partial charge in [-0.3, -0.25) is 0 Å². The first-order valence-electron chi connectivity index (χ1n) is 12.0. The molecular weight excluding hydrogens is 374 g/mol. The summed E-state index contributed by atoms with van der Waals surface area (Å²) in [5.41, 5.74) is 5.69. The van der Waals surface area contributed by atoms with Gasteiger partial charge in [0.05, 0.1) is 11.8 Å². The van der Waals surface area contributed by atoms with Crippen molar-refractivity contribution in [2.45, 2.75) is 70.8 Å². The van der Waals surface area contributed by atoms with Crippen molar-refractivity contribution in [2.75, 3.05) is 19.8 Å². The Morgan fingerprint density at radius 1 is 1.27 bits per heavy atom. The molecule has 0 amide bonds. The summed E-state index contributed by atoms with van der Waals surface area (Å²) in [6.45, 7) is 5.31. The molecule has 0 radical (unpaired) electrons. The van der Waals surface area contributed by atoms with Gasteiger partial charge in [0.2, 0.25) is 0 Å². The number of hydrogen-bond acceptors (Lipinski definition) is 4. The normalized spacial score (nSPS) is 22.3. The van der Waals surface area contributed by atoms with Crippen LogP contribution in [0.2, 0.25) is 0 Å². The van der Waals surface area contributed by atoms with E-state index in [-0.39, 0.29) is 0 Å². The minimum absolute atomic E-state index is 0.547. The third-order valence-corrected chi connectivity index (χ3v) is 6.78. The van der Waals surface area contributed by atoms with Crippen molar-refractivity contribution >= 4 is 23.8 Å². The SMILES string of the molecule is CCCCC(CCCC1C=Nc2[nH]cc(C3=C[NH2+]N=C3)c2C1)CNC1CCOCC1. The van der Waals surface area contributed by atoms with Crippen molar-refractivity contribution < 1.29 is 10.2 Å². The van der Waals surface area contributed by atoms with Crippen molar-refractivity contribution in [1.82, 2.24) is 10.3 Å². The van der Waals surface area contributed by atoms with E-state index in [0.717, 1.165) is 31.4 Å². The maximum absolute atomic E-state index is 5.50. The van der Waals surface area contributed by atoms with Crippen LogP contribution in [0.25, 0.3) is 5.57 Å². The summed E-state index contributed by atoms with van der Waals surface area (Å²) in [5, 5.41) is 8.06. The molecule has 3 aliphatic heterocycles. The third-order valence-electron chi connectivity index (χ3n) is 6.78. The van der Waals surface area contributed by atoms with E-state index in [4.69, 9.17) is 9.73 Å². The lowest BCUT2D eigenvalue weighted by atomic mass is 9.88. The average molecular weight is 413 g/mol. The number of rotatable bonds is 11. The van der Waals surface area contributed by atoms with Gasteiger partial charge in [-0.25, -0.2) is 4.99 Å². The van der Waals surface area contributed by atoms with Gasteiger partial charge in [-0.15, -0.1) is 0 Å². The number of H-pyrrole nitrogens is 1. The maximum atomic E-state index is 5.50. The largest absolute Gasteiger partial charge is 0.381 e. The van der Waals surface area contributed by atoms with Gasteiger partial charge in [0, 0.05) is 42.8 Å². The van der Waals surface area contributed by atoms with Crippen molar-refractivity contribution in [3.8, 4) is 0 Å². The van der Waals surface area contributed by atoms with Crippen molar-refractivity contribution in [3.63, 3.8) is 0 Å². The van der Waals surface area contributed by atoms with E-state index < -0.39 is 0 Å². The summed E-state index contributed by atoms with van der Waals surface area (Å²) in [6, 6.07) is 0.657. The van der Waals surface area contributed by atoms with E-state index >= 15 is 0 Å². The molecule has 2 atom stereocenters. The Bertz CT molecular complexity index is 760. The number of nitrogens with zero attached hydrogens (tertiary/aromatic N) is 2. The van der Waals surface area contributed by atoms with Crippen molar-refractivity contribution in [1.29, 1.82) is 0 Å². The molecule has 1 saturated heterocycles. The Labute approximate surface area is 180 Å². The maximum Gasteiger partial charge on any atom is 0.133 e. The minimum atomic E-state index is 0.547. The highest BCUT2D eigenvalue weighted by atomic mass is 16.5. The minimum Gasteiger partial charge on any atom is -0.381 e. The molecular formula is C24H38N5O+. The summed E-state index contributed by atoms with van der Waals surface area (Å²) in [4.78, 5) is 8.06. The van der Waals surface area contributed by atoms with E-state index in [1.807, 2.05) is 11.6 Å². The van der Waals surface area contributed by atoms with Gasteiger partial charge in [-0.1, -0.05) is 31.3 Å². The molecule has 1 aromatic rings. The number of nitrogens with two attached hydrogens (primary N) is 1. The van der Waals surface area contributed by atoms with E-state index in [2.05, 4.69) is 40.9 Å². The van der Waals surface area contributed by atoms with Gasteiger partial charge in [0.1, 0.15) is 12.0 Å². The number of ether oxygens (including phenoxy) is 1. The Morgan fingerprint density at radius 2 is 2.13 bits per heavy atom. The predicted molar refractivity (Wildman–Crippen MR) is 123 cm³/mol. The van der Waals surface area contributed by atoms with Crippen LogP contribution in [-0.2, 0) is 11.2 Å². The Kier molecular flexibility index (Phi) is 7.89. The van der Waals surface area contributed by atoms with Crippen LogP contribution < -0.4 is 10.7 Å². The molecule has 0 aromatic carbocycles. The van der Waals surface area contributed by atoms with Gasteiger partial charge in [-0.2, -0.15) is 5.43 Å². The number of unbranched alkanes of at least 4 members (excludes halogenated alkanes) is 1. The molecule has 6 nitrogen and oxygen atoms in total. The van der Waals surface area contributed by atoms with Crippen LogP contribution in [0, 0.1) is 11.8 Å². The zero-order valence-corrected chi connectivity index (χ0v) is 18.4. The number of nitrogens with one attached hydrogen (secondary N) is 2. The van der Waals surface area contributed by atoms with E-state index in [1.165, 1.54) is 74.6 Å². The van der Waals surface area contributed by atoms with Gasteiger partial charge in [0.25, 0.3) is 0 Å². The summed E-state index contributed by atoms with van der Waals surface area (Å²) in [5.74, 6) is 2.37. The lowest BCUT2D eigenvalue weighted by molar-refractivity contribution is -0.589. The number of allylic oxidation sites excluding steroid dienone is 1. The highest BCUT2D eigenvalue weighted by molar-refractivity contribution is 6.10. The second-order valence-corrected chi connectivity index (χ2v) is 9.06. The fraction of sp³-hybridized carbons (Fsp3) is 0.667. The first-order chi connectivity index (χ1) is 14.8. The van der Waals surface area contributed by atoms with E-state index in [0.29, 0.717) is 12.0 Å². The second-order valence-electron chi connectivity index (χ2n) is 9.06. The van der Waals surface area contributed by atoms with Crippen LogP contribution in [0.1, 0.15) is 69.4 Å². The molecule has 2 unspecified atom stereocenters. The molecule has 164 valence electrons. The first-order valence-corrected chi connectivity index (χ1v) is 12.0. The van der Waals surface area contributed by atoms with Gasteiger partial charge in [-0.05, 0) is 56.9 Å². The quantitative estimate of drug-likeness (QED) is 0.486. The lowest BCUT2D eigenvalue weighted by Crippen LogP contribution is -2.69. The fourth-order valence-electron chi connectivity index (χ4n) is 4.89. The summed E-state index contributed by atoms with van der Waals surface area (Å²) >= 11 is 0. The third kappa shape index (κ3) is 5.68. The van der Waals surface area contributed by atoms with E-state index in [1.54, 1.807) is 0 Å². The van der Waals surface area contributed by atoms with Gasteiger partial charge < -0.3 is 15.0 Å². The molecule has 1 aromatic heterocycles. The summed E-state index contributed by atoms with van der Waals surface area (Å²) < 4.78 is 5.50. The molecule has 3 aliphatic rings. The van der Waals surface area contributed by atoms with Crippen LogP contribution in [0.15, 0.2) is 22.5 Å². The standard InChI is InChI=1S/C24H37N5O/c1-2-3-5-18(13-25-21-8-10-30-11-9-21)6-4-7-19-12-22-23(20-15-28-29-16-20)17-27-24(22)26-14-19/h14-19,21,25,27H,2-13H2,1H3,(H,28,29)/p+1. The van der Waals surface area contributed by atoms with Crippen LogP contribution in [0.5, 0.6) is 0 Å². The molecule has 0 saturated carbocycles. The van der Waals surface area contributed by atoms with Crippen molar-refractivity contribution in [3.05, 3.63) is 23.5 Å². The lowest BCUT2D eigenvalue weighted by Gasteiger charge is -2.26. The zero-order valence-electron chi connectivity index (χ0n) is 18.4. The Morgan fingerprint density at radius 3 is 2.93 bits per heavy atom. The Hall–Kier alpha value is -1.76. The van der Waals surface area contributed by atoms with Crippen LogP contribution in [-0.4, -0.2) is 43.2 Å². The topological polar surface area (TPSA) is 78.4 Å². The monoisotopic (exact) mass is 412 g/mol. The highest BCUT2D eigenvalue weighted by Gasteiger charge is 2.23. The molecule has 1 fully saturated rings. The van der Waals surface area contributed by atoms with Crippen LogP contribution in [0.3, 0.4) is 0 Å². The number of hydrogen-bond donors (Lipinski definition) is 3. The summed E-state index contributed by atoms with van der Waals surface area (Å²) in [6.07, 6.45) is 19.5. The predicted octanol–water partition coefficient (Wildman–Crippen LogP) is 3.54. The molecule has 4 heterocycles.